The summed E-state index contributed by atoms with van der Waals surface area (Å²) >= 11 is 0. The molecule has 0 heterocycles. The predicted molar refractivity (Wildman–Crippen MR) is 113 cm³/mol. The lowest BCUT2D eigenvalue weighted by atomic mass is 9.74. The molecule has 0 unspecified atom stereocenters. The maximum Gasteiger partial charge on any atom is 0.199 e. The second-order valence-corrected chi connectivity index (χ2v) is 9.12. The van der Waals surface area contributed by atoms with Gasteiger partial charge in [0.1, 0.15) is 6.07 Å². The van der Waals surface area contributed by atoms with Crippen molar-refractivity contribution in [3.8, 4) is 6.07 Å². The number of allylic oxidation sites excluding steroid dienone is 4. The van der Waals surface area contributed by atoms with Gasteiger partial charge in [-0.15, -0.1) is 0 Å². The van der Waals surface area contributed by atoms with Crippen molar-refractivity contribution in [2.45, 2.75) is 103 Å². The fourth-order valence-electron chi connectivity index (χ4n) is 5.20. The second-order valence-electron chi connectivity index (χ2n) is 9.12. The summed E-state index contributed by atoms with van der Waals surface area (Å²) in [6, 6.07) is 1.50. The van der Waals surface area contributed by atoms with E-state index in [1.165, 1.54) is 102 Å². The Hall–Kier alpha value is -1.10. The molecular weight excluding hydrogens is 333 g/mol. The molecule has 2 saturated carbocycles. The van der Waals surface area contributed by atoms with E-state index >= 15 is 0 Å². The van der Waals surface area contributed by atoms with Gasteiger partial charge in [-0.1, -0.05) is 103 Å². The molecule has 2 aliphatic rings. The van der Waals surface area contributed by atoms with Crippen LogP contribution in [0.4, 0.5) is 4.39 Å². The van der Waals surface area contributed by atoms with Gasteiger partial charge < -0.3 is 0 Å². The number of nitriles is 1. The SMILES string of the molecule is CCCCC1CCC(CCC2CCC(CCC=CC=C(F)C#N)CC2)CC1. The fourth-order valence-corrected chi connectivity index (χ4v) is 5.20. The van der Waals surface area contributed by atoms with Gasteiger partial charge in [-0.05, 0) is 42.6 Å². The highest BCUT2D eigenvalue weighted by molar-refractivity contribution is 5.18. The van der Waals surface area contributed by atoms with E-state index < -0.39 is 5.83 Å². The second kappa shape index (κ2) is 13.1. The van der Waals surface area contributed by atoms with E-state index in [0.717, 1.165) is 30.1 Å². The number of hydrogen-bond donors (Lipinski definition) is 0. The molecule has 1 nitrogen and oxygen atoms in total. The number of rotatable bonds is 10. The van der Waals surface area contributed by atoms with Gasteiger partial charge in [-0.2, -0.15) is 9.65 Å². The molecular formula is C25H40FN. The summed E-state index contributed by atoms with van der Waals surface area (Å²) in [6.45, 7) is 2.31. The van der Waals surface area contributed by atoms with Gasteiger partial charge in [0.25, 0.3) is 0 Å². The molecule has 27 heavy (non-hydrogen) atoms. The van der Waals surface area contributed by atoms with Gasteiger partial charge in [-0.3, -0.25) is 0 Å². The molecule has 2 heteroatoms. The van der Waals surface area contributed by atoms with Crippen LogP contribution in [0.5, 0.6) is 0 Å². The van der Waals surface area contributed by atoms with Crippen LogP contribution in [-0.2, 0) is 0 Å². The van der Waals surface area contributed by atoms with Crippen LogP contribution >= 0.6 is 0 Å². The van der Waals surface area contributed by atoms with E-state index in [0.29, 0.717) is 0 Å². The average Bonchev–Trinajstić information content (AvgIpc) is 2.72. The lowest BCUT2D eigenvalue weighted by molar-refractivity contribution is 0.209. The first-order valence-electron chi connectivity index (χ1n) is 11.6. The molecule has 0 amide bonds. The first-order chi connectivity index (χ1) is 13.2. The highest BCUT2D eigenvalue weighted by Gasteiger charge is 2.24. The first-order valence-corrected chi connectivity index (χ1v) is 11.6. The zero-order valence-electron chi connectivity index (χ0n) is 17.5. The summed E-state index contributed by atoms with van der Waals surface area (Å²) < 4.78 is 12.7. The predicted octanol–water partition coefficient (Wildman–Crippen LogP) is 8.28. The van der Waals surface area contributed by atoms with Gasteiger partial charge in [0.2, 0.25) is 0 Å². The molecule has 0 aromatic heterocycles. The zero-order chi connectivity index (χ0) is 19.3. The van der Waals surface area contributed by atoms with Gasteiger partial charge in [0, 0.05) is 0 Å². The molecule has 0 aliphatic heterocycles. The lowest BCUT2D eigenvalue weighted by Gasteiger charge is -2.32. The summed E-state index contributed by atoms with van der Waals surface area (Å²) in [5, 5.41) is 8.36. The van der Waals surface area contributed by atoms with Crippen molar-refractivity contribution in [3.63, 3.8) is 0 Å². The summed E-state index contributed by atoms with van der Waals surface area (Å²) in [7, 11) is 0. The minimum absolute atomic E-state index is 0.707. The van der Waals surface area contributed by atoms with E-state index in [4.69, 9.17) is 5.26 Å². The molecule has 0 aromatic carbocycles. The molecule has 152 valence electrons. The Morgan fingerprint density at radius 3 is 1.81 bits per heavy atom. The molecule has 0 bridgehead atoms. The van der Waals surface area contributed by atoms with E-state index in [9.17, 15) is 4.39 Å². The molecule has 0 aromatic rings. The van der Waals surface area contributed by atoms with Crippen molar-refractivity contribution in [3.05, 3.63) is 24.1 Å². The molecule has 2 rings (SSSR count). The molecule has 2 fully saturated rings. The van der Waals surface area contributed by atoms with Crippen molar-refractivity contribution in [2.24, 2.45) is 23.7 Å². The maximum absolute atomic E-state index is 12.7. The van der Waals surface area contributed by atoms with Crippen LogP contribution in [0.1, 0.15) is 103 Å². The van der Waals surface area contributed by atoms with Crippen LogP contribution in [-0.4, -0.2) is 0 Å². The van der Waals surface area contributed by atoms with Gasteiger partial charge in [-0.25, -0.2) is 0 Å². The van der Waals surface area contributed by atoms with E-state index in [1.807, 2.05) is 6.08 Å². The standard InChI is InChI=1S/C25H40FN/c1-2-3-7-21-10-14-23(15-11-21)18-19-24-16-12-22(13-17-24)8-5-4-6-9-25(26)20-27/h4,6,9,21-24H,2-3,5,7-8,10-19H2,1H3. The van der Waals surface area contributed by atoms with E-state index in [2.05, 4.69) is 6.92 Å². The number of halogens is 1. The van der Waals surface area contributed by atoms with Gasteiger partial charge in [0.15, 0.2) is 5.83 Å². The Kier molecular flexibility index (Phi) is 10.8. The van der Waals surface area contributed by atoms with Crippen LogP contribution in [0.15, 0.2) is 24.1 Å². The third-order valence-electron chi connectivity index (χ3n) is 7.11. The Morgan fingerprint density at radius 1 is 0.852 bits per heavy atom. The molecule has 0 atom stereocenters. The van der Waals surface area contributed by atoms with Crippen LogP contribution in [0.25, 0.3) is 0 Å². The fraction of sp³-hybridized carbons (Fsp3) is 0.800. The lowest BCUT2D eigenvalue weighted by Crippen LogP contribution is -2.18. The van der Waals surface area contributed by atoms with Gasteiger partial charge >= 0.3 is 0 Å². The number of nitrogens with zero attached hydrogens (tertiary/aromatic N) is 1. The Bertz CT molecular complexity index is 485. The number of unbranched alkanes of at least 4 members (excludes halogenated alkanes) is 1. The highest BCUT2D eigenvalue weighted by atomic mass is 19.1. The van der Waals surface area contributed by atoms with E-state index in [-0.39, 0.29) is 0 Å². The first kappa shape index (κ1) is 22.2. The summed E-state index contributed by atoms with van der Waals surface area (Å²) in [5.41, 5.74) is 0. The van der Waals surface area contributed by atoms with Crippen LogP contribution in [0.3, 0.4) is 0 Å². The van der Waals surface area contributed by atoms with Gasteiger partial charge in [0.05, 0.1) is 0 Å². The Labute approximate surface area is 167 Å². The van der Waals surface area contributed by atoms with E-state index in [1.54, 1.807) is 6.08 Å². The quantitative estimate of drug-likeness (QED) is 0.279. The smallest absolute Gasteiger partial charge is 0.195 e. The van der Waals surface area contributed by atoms with Crippen molar-refractivity contribution in [1.29, 1.82) is 5.26 Å². The minimum Gasteiger partial charge on any atom is -0.195 e. The third kappa shape index (κ3) is 9.09. The Balaban J connectivity index is 1.52. The third-order valence-corrected chi connectivity index (χ3v) is 7.11. The summed E-state index contributed by atoms with van der Waals surface area (Å²) in [6.07, 6.45) is 26.0. The van der Waals surface area contributed by atoms with Crippen LogP contribution in [0.2, 0.25) is 0 Å². The molecule has 2 aliphatic carbocycles. The minimum atomic E-state index is -0.707. The van der Waals surface area contributed by atoms with Crippen molar-refractivity contribution in [1.82, 2.24) is 0 Å². The topological polar surface area (TPSA) is 23.8 Å². The van der Waals surface area contributed by atoms with Crippen LogP contribution in [0, 0.1) is 35.0 Å². The molecule has 0 spiro atoms. The highest BCUT2D eigenvalue weighted by Crippen LogP contribution is 2.38. The van der Waals surface area contributed by atoms with Crippen LogP contribution < -0.4 is 0 Å². The van der Waals surface area contributed by atoms with Crippen molar-refractivity contribution < 1.29 is 4.39 Å². The monoisotopic (exact) mass is 373 g/mol. The van der Waals surface area contributed by atoms with Crippen molar-refractivity contribution >= 4 is 0 Å². The van der Waals surface area contributed by atoms with Crippen molar-refractivity contribution in [2.75, 3.05) is 0 Å². The normalized spacial score (nSPS) is 29.7. The summed E-state index contributed by atoms with van der Waals surface area (Å²) in [4.78, 5) is 0. The zero-order valence-corrected chi connectivity index (χ0v) is 17.5. The summed E-state index contributed by atoms with van der Waals surface area (Å²) in [5.74, 6) is 3.18. The molecule has 0 radical (unpaired) electrons. The molecule has 0 saturated heterocycles. The number of hydrogen-bond acceptors (Lipinski definition) is 1. The average molecular weight is 374 g/mol. The largest absolute Gasteiger partial charge is 0.199 e. The molecule has 0 N–H and O–H groups in total. The Morgan fingerprint density at radius 2 is 1.33 bits per heavy atom. The maximum atomic E-state index is 12.7.